The molecule has 0 atom stereocenters. The molecular weight excluding hydrogens is 212 g/mol. The topological polar surface area (TPSA) is 40.9 Å². The van der Waals surface area contributed by atoms with Crippen molar-refractivity contribution in [1.82, 2.24) is 0 Å². The Balaban J connectivity index is 3.11. The Bertz CT molecular complexity index is 435. The van der Waals surface area contributed by atoms with Gasteiger partial charge in [-0.3, -0.25) is 4.79 Å². The molecule has 84 valence electrons. The molecule has 0 unspecified atom stereocenters. The lowest BCUT2D eigenvalue weighted by atomic mass is 9.98. The average molecular weight is 223 g/mol. The highest BCUT2D eigenvalue weighted by Crippen LogP contribution is 2.22. The van der Waals surface area contributed by atoms with E-state index in [2.05, 4.69) is 0 Å². The normalized spacial score (nSPS) is 10.2. The molecule has 0 aromatic heterocycles. The predicted molar refractivity (Wildman–Crippen MR) is 55.1 cm³/mol. The zero-order valence-electron chi connectivity index (χ0n) is 8.84. The second kappa shape index (κ2) is 5.36. The molecule has 16 heavy (non-hydrogen) atoms. The van der Waals surface area contributed by atoms with Crippen LogP contribution in [-0.4, -0.2) is 5.78 Å². The lowest BCUT2D eigenvalue weighted by Crippen LogP contribution is -2.02. The molecular formula is C12H11F2NO. The largest absolute Gasteiger partial charge is 0.300 e. The standard InChI is InChI=1S/C12H11F2NO/c1-8(16)6-11-7-10(12(13)14)3-2-9(11)4-5-15/h2-3,7,12H,4,6H2,1H3. The number of halogens is 2. The minimum Gasteiger partial charge on any atom is -0.300 e. The third-order valence-electron chi connectivity index (χ3n) is 2.19. The molecule has 0 N–H and O–H groups in total. The van der Waals surface area contributed by atoms with Gasteiger partial charge in [0.05, 0.1) is 12.5 Å². The van der Waals surface area contributed by atoms with Crippen LogP contribution < -0.4 is 0 Å². The molecule has 0 saturated carbocycles. The van der Waals surface area contributed by atoms with Gasteiger partial charge in [-0.05, 0) is 24.1 Å². The Hall–Kier alpha value is -1.76. The zero-order chi connectivity index (χ0) is 12.1. The molecule has 1 rings (SSSR count). The van der Waals surface area contributed by atoms with Crippen molar-refractivity contribution in [2.75, 3.05) is 0 Å². The minimum atomic E-state index is -2.55. The summed E-state index contributed by atoms with van der Waals surface area (Å²) >= 11 is 0. The van der Waals surface area contributed by atoms with Gasteiger partial charge >= 0.3 is 0 Å². The quantitative estimate of drug-likeness (QED) is 0.787. The fourth-order valence-corrected chi connectivity index (χ4v) is 1.47. The first-order chi connectivity index (χ1) is 7.54. The molecule has 0 aliphatic carbocycles. The van der Waals surface area contributed by atoms with E-state index in [9.17, 15) is 13.6 Å². The van der Waals surface area contributed by atoms with E-state index < -0.39 is 6.43 Å². The van der Waals surface area contributed by atoms with Crippen LogP contribution >= 0.6 is 0 Å². The van der Waals surface area contributed by atoms with Gasteiger partial charge in [-0.2, -0.15) is 5.26 Å². The summed E-state index contributed by atoms with van der Waals surface area (Å²) in [4.78, 5) is 11.0. The number of ketones is 1. The SMILES string of the molecule is CC(=O)Cc1cc(C(F)F)ccc1CC#N. The second-order valence-electron chi connectivity index (χ2n) is 3.54. The first-order valence-electron chi connectivity index (χ1n) is 4.81. The molecule has 4 heteroatoms. The molecule has 1 aromatic rings. The summed E-state index contributed by atoms with van der Waals surface area (Å²) in [6, 6.07) is 6.03. The van der Waals surface area contributed by atoms with Crippen molar-refractivity contribution in [3.05, 3.63) is 34.9 Å². The number of hydrogen-bond donors (Lipinski definition) is 0. The van der Waals surface area contributed by atoms with Crippen LogP contribution in [0, 0.1) is 11.3 Å². The summed E-state index contributed by atoms with van der Waals surface area (Å²) in [6.07, 6.45) is -2.33. The van der Waals surface area contributed by atoms with Crippen molar-refractivity contribution >= 4 is 5.78 Å². The van der Waals surface area contributed by atoms with Crippen molar-refractivity contribution in [2.24, 2.45) is 0 Å². The number of Topliss-reactive ketones (excluding diaryl/α,β-unsaturated/α-hetero) is 1. The summed E-state index contributed by atoms with van der Waals surface area (Å²) in [5.74, 6) is -0.106. The maximum atomic E-state index is 12.5. The van der Waals surface area contributed by atoms with E-state index in [1.807, 2.05) is 6.07 Å². The van der Waals surface area contributed by atoms with E-state index in [1.54, 1.807) is 0 Å². The van der Waals surface area contributed by atoms with Gasteiger partial charge in [0, 0.05) is 12.0 Å². The Morgan fingerprint density at radius 1 is 1.44 bits per heavy atom. The third-order valence-corrected chi connectivity index (χ3v) is 2.19. The van der Waals surface area contributed by atoms with Gasteiger partial charge in [0.1, 0.15) is 5.78 Å². The van der Waals surface area contributed by atoms with Crippen molar-refractivity contribution in [1.29, 1.82) is 5.26 Å². The molecule has 0 fully saturated rings. The maximum absolute atomic E-state index is 12.5. The number of carbonyl (C=O) groups is 1. The van der Waals surface area contributed by atoms with E-state index >= 15 is 0 Å². The van der Waals surface area contributed by atoms with Crippen molar-refractivity contribution in [2.45, 2.75) is 26.2 Å². The highest BCUT2D eigenvalue weighted by atomic mass is 19.3. The molecule has 1 aromatic carbocycles. The molecule has 2 nitrogen and oxygen atoms in total. The van der Waals surface area contributed by atoms with Crippen LogP contribution in [0.4, 0.5) is 8.78 Å². The molecule has 0 bridgehead atoms. The lowest BCUT2D eigenvalue weighted by molar-refractivity contribution is -0.116. The van der Waals surface area contributed by atoms with Gasteiger partial charge < -0.3 is 0 Å². The average Bonchev–Trinajstić information content (AvgIpc) is 2.19. The van der Waals surface area contributed by atoms with Crippen LogP contribution in [0.5, 0.6) is 0 Å². The van der Waals surface area contributed by atoms with Gasteiger partial charge in [-0.1, -0.05) is 12.1 Å². The maximum Gasteiger partial charge on any atom is 0.263 e. The van der Waals surface area contributed by atoms with Gasteiger partial charge in [0.2, 0.25) is 0 Å². The first kappa shape index (κ1) is 12.3. The fourth-order valence-electron chi connectivity index (χ4n) is 1.47. The van der Waals surface area contributed by atoms with Crippen LogP contribution in [0.2, 0.25) is 0 Å². The van der Waals surface area contributed by atoms with Gasteiger partial charge in [-0.15, -0.1) is 0 Å². The fraction of sp³-hybridized carbons (Fsp3) is 0.333. The number of hydrogen-bond acceptors (Lipinski definition) is 2. The Kier molecular flexibility index (Phi) is 4.12. The summed E-state index contributed by atoms with van der Waals surface area (Å²) in [5.41, 5.74) is 1.05. The third kappa shape index (κ3) is 3.13. The van der Waals surface area contributed by atoms with Crippen molar-refractivity contribution in [3.63, 3.8) is 0 Å². The number of benzene rings is 1. The van der Waals surface area contributed by atoms with Crippen LogP contribution in [0.1, 0.15) is 30.0 Å². The Morgan fingerprint density at radius 3 is 2.62 bits per heavy atom. The molecule has 0 spiro atoms. The van der Waals surface area contributed by atoms with Gasteiger partial charge in [0.15, 0.2) is 0 Å². The molecule has 0 radical (unpaired) electrons. The number of nitrogens with zero attached hydrogens (tertiary/aromatic N) is 1. The summed E-state index contributed by atoms with van der Waals surface area (Å²) in [6.45, 7) is 1.39. The van der Waals surface area contributed by atoms with E-state index in [-0.39, 0.29) is 24.2 Å². The molecule has 0 aliphatic rings. The molecule has 0 aliphatic heterocycles. The predicted octanol–water partition coefficient (Wildman–Crippen LogP) is 2.82. The highest BCUT2D eigenvalue weighted by Gasteiger charge is 2.11. The van der Waals surface area contributed by atoms with Crippen molar-refractivity contribution in [3.8, 4) is 6.07 Å². The number of alkyl halides is 2. The number of carbonyl (C=O) groups excluding carboxylic acids is 1. The molecule has 0 saturated heterocycles. The van der Waals surface area contributed by atoms with Crippen LogP contribution in [0.25, 0.3) is 0 Å². The summed E-state index contributed by atoms with van der Waals surface area (Å²) < 4.78 is 24.9. The molecule has 0 amide bonds. The summed E-state index contributed by atoms with van der Waals surface area (Å²) in [5, 5.41) is 8.57. The Labute approximate surface area is 92.5 Å². The van der Waals surface area contributed by atoms with E-state index in [0.29, 0.717) is 11.1 Å². The van der Waals surface area contributed by atoms with Crippen LogP contribution in [-0.2, 0) is 17.6 Å². The Morgan fingerprint density at radius 2 is 2.12 bits per heavy atom. The lowest BCUT2D eigenvalue weighted by Gasteiger charge is -2.08. The number of rotatable bonds is 4. The monoisotopic (exact) mass is 223 g/mol. The van der Waals surface area contributed by atoms with Gasteiger partial charge in [-0.25, -0.2) is 8.78 Å². The van der Waals surface area contributed by atoms with Crippen molar-refractivity contribution < 1.29 is 13.6 Å². The number of nitriles is 1. The minimum absolute atomic E-state index is 0.0948. The summed E-state index contributed by atoms with van der Waals surface area (Å²) in [7, 11) is 0. The highest BCUT2D eigenvalue weighted by molar-refractivity contribution is 5.78. The van der Waals surface area contributed by atoms with E-state index in [4.69, 9.17) is 5.26 Å². The van der Waals surface area contributed by atoms with E-state index in [1.165, 1.54) is 25.1 Å². The smallest absolute Gasteiger partial charge is 0.263 e. The molecule has 0 heterocycles. The van der Waals surface area contributed by atoms with Gasteiger partial charge in [0.25, 0.3) is 6.43 Å². The first-order valence-corrected chi connectivity index (χ1v) is 4.81. The zero-order valence-corrected chi connectivity index (χ0v) is 8.84. The van der Waals surface area contributed by atoms with Crippen LogP contribution in [0.3, 0.4) is 0 Å². The second-order valence-corrected chi connectivity index (χ2v) is 3.54. The van der Waals surface area contributed by atoms with E-state index in [0.717, 1.165) is 0 Å². The van der Waals surface area contributed by atoms with Crippen LogP contribution in [0.15, 0.2) is 18.2 Å².